The Morgan fingerprint density at radius 1 is 0.980 bits per heavy atom. The van der Waals surface area contributed by atoms with E-state index in [9.17, 15) is 34.2 Å². The zero-order chi connectivity index (χ0) is 34.9. The van der Waals surface area contributed by atoms with E-state index in [4.69, 9.17) is 9.47 Å². The Kier molecular flexibility index (Phi) is 12.1. The second-order valence-corrected chi connectivity index (χ2v) is 12.4. The number of likely N-dealkylation sites (tertiary alicyclic amines) is 1. The second kappa shape index (κ2) is 16.6. The first-order valence-corrected chi connectivity index (χ1v) is 16.9. The van der Waals surface area contributed by atoms with Gasteiger partial charge >= 0.3 is 6.09 Å². The number of nitrogens with zero attached hydrogens (tertiary/aromatic N) is 5. The molecule has 3 heterocycles. The van der Waals surface area contributed by atoms with E-state index in [1.54, 1.807) is 31.2 Å². The molecule has 266 valence electrons. The van der Waals surface area contributed by atoms with Crippen molar-refractivity contribution >= 4 is 29.7 Å². The van der Waals surface area contributed by atoms with Crippen LogP contribution in [0.3, 0.4) is 0 Å². The molecule has 2 saturated heterocycles. The molecule has 2 aliphatic heterocycles. The van der Waals surface area contributed by atoms with E-state index < -0.39 is 49.3 Å². The van der Waals surface area contributed by atoms with Gasteiger partial charge in [0, 0.05) is 51.3 Å². The van der Waals surface area contributed by atoms with E-state index in [0.29, 0.717) is 25.1 Å². The molecular formula is C33H45N7O9. The monoisotopic (exact) mass is 683 g/mol. The number of para-hydroxylation sites is 1. The van der Waals surface area contributed by atoms with Gasteiger partial charge in [-0.25, -0.2) is 9.48 Å². The molecule has 1 unspecified atom stereocenters. The van der Waals surface area contributed by atoms with Gasteiger partial charge in [0.15, 0.2) is 12.3 Å². The summed E-state index contributed by atoms with van der Waals surface area (Å²) in [5.74, 6) is -1.67. The molecule has 2 aromatic rings. The van der Waals surface area contributed by atoms with Crippen molar-refractivity contribution in [2.75, 3.05) is 52.5 Å². The number of nitrogens with one attached hydrogen (secondary N) is 2. The fourth-order valence-corrected chi connectivity index (χ4v) is 6.08. The normalized spacial score (nSPS) is 19.1. The number of benzene rings is 1. The van der Waals surface area contributed by atoms with Crippen LogP contribution in [0.25, 0.3) is 5.69 Å². The molecule has 0 radical (unpaired) electrons. The van der Waals surface area contributed by atoms with Crippen LogP contribution in [-0.2, 0) is 19.1 Å². The van der Waals surface area contributed by atoms with Crippen LogP contribution in [0.5, 0.6) is 5.88 Å². The largest absolute Gasteiger partial charge is 0.467 e. The molecular weight excluding hydrogens is 638 g/mol. The minimum absolute atomic E-state index is 0.0905. The highest BCUT2D eigenvalue weighted by Crippen LogP contribution is 2.24. The number of carbonyl (C=O) groups excluding carboxylic acids is 5. The topological polar surface area (TPSA) is 196 Å². The summed E-state index contributed by atoms with van der Waals surface area (Å²) in [4.78, 5) is 69.8. The van der Waals surface area contributed by atoms with Gasteiger partial charge in [-0.3, -0.25) is 19.2 Å². The highest BCUT2D eigenvalue weighted by molar-refractivity contribution is 5.96. The molecule has 16 heteroatoms. The number of piperazine rings is 1. The molecule has 1 aromatic carbocycles. The quantitative estimate of drug-likeness (QED) is 0.224. The summed E-state index contributed by atoms with van der Waals surface area (Å²) in [5.41, 5.74) is 0.430. The van der Waals surface area contributed by atoms with E-state index in [1.807, 2.05) is 6.07 Å². The Morgan fingerprint density at radius 3 is 2.35 bits per heavy atom. The van der Waals surface area contributed by atoms with Gasteiger partial charge in [-0.2, -0.15) is 5.10 Å². The summed E-state index contributed by atoms with van der Waals surface area (Å²) >= 11 is 0. The number of rotatable bonds is 13. The lowest BCUT2D eigenvalue weighted by atomic mass is 9.93. The zero-order valence-corrected chi connectivity index (χ0v) is 27.7. The third-order valence-electron chi connectivity index (χ3n) is 9.02. The van der Waals surface area contributed by atoms with Crippen molar-refractivity contribution in [1.82, 2.24) is 35.1 Å². The maximum atomic E-state index is 13.6. The van der Waals surface area contributed by atoms with Gasteiger partial charge in [0.2, 0.25) is 17.7 Å². The molecule has 3 aliphatic rings. The molecule has 1 saturated carbocycles. The third kappa shape index (κ3) is 8.86. The van der Waals surface area contributed by atoms with E-state index in [0.717, 1.165) is 19.3 Å². The SMILES string of the molecule is CCOC(=O)N1CCN(C(=O)C(C[C@H](O)CO)NC(=O)c2cc(OCC(=O)N3CCC[C@H]3C(=O)NC3CCC3)n(-c3ccccc3)n2)CC1. The first-order valence-electron chi connectivity index (χ1n) is 16.9. The van der Waals surface area contributed by atoms with E-state index in [1.165, 1.54) is 25.4 Å². The standard InChI is InChI=1S/C33H45N7O9/c1-2-48-33(47)38-16-14-37(15-17-38)32(46)26(18-24(42)20-41)35-30(44)25-19-29(40(36-25)23-10-4-3-5-11-23)49-21-28(43)39-13-7-12-27(39)31(45)34-22-8-6-9-22/h3-5,10-11,19,22,24,26-27,41-42H,2,6-9,12-18,20-21H2,1H3,(H,34,45)(H,35,44)/t24-,26?,27-/m0/s1. The maximum absolute atomic E-state index is 13.6. The molecule has 16 nitrogen and oxygen atoms in total. The van der Waals surface area contributed by atoms with Gasteiger partial charge in [-0.1, -0.05) is 18.2 Å². The number of aliphatic hydroxyl groups is 2. The van der Waals surface area contributed by atoms with Gasteiger partial charge in [0.1, 0.15) is 12.1 Å². The predicted octanol–water partition coefficient (Wildman–Crippen LogP) is 0.0532. The van der Waals surface area contributed by atoms with Gasteiger partial charge < -0.3 is 45.0 Å². The number of carbonyl (C=O) groups is 5. The van der Waals surface area contributed by atoms with Gasteiger partial charge in [-0.05, 0) is 51.2 Å². The summed E-state index contributed by atoms with van der Waals surface area (Å²) in [6, 6.07) is 8.57. The van der Waals surface area contributed by atoms with Gasteiger partial charge in [-0.15, -0.1) is 0 Å². The molecule has 3 fully saturated rings. The Hall–Kier alpha value is -4.70. The second-order valence-electron chi connectivity index (χ2n) is 12.4. The van der Waals surface area contributed by atoms with Crippen LogP contribution in [0.4, 0.5) is 4.79 Å². The van der Waals surface area contributed by atoms with Crippen LogP contribution in [-0.4, -0.2) is 141 Å². The number of amides is 5. The van der Waals surface area contributed by atoms with Crippen LogP contribution in [0.15, 0.2) is 36.4 Å². The summed E-state index contributed by atoms with van der Waals surface area (Å²) in [7, 11) is 0. The summed E-state index contributed by atoms with van der Waals surface area (Å²) in [5, 5.41) is 29.8. The van der Waals surface area contributed by atoms with Gasteiger partial charge in [0.05, 0.1) is 25.0 Å². The number of ether oxygens (including phenoxy) is 2. The highest BCUT2D eigenvalue weighted by atomic mass is 16.6. The highest BCUT2D eigenvalue weighted by Gasteiger charge is 2.36. The Bertz CT molecular complexity index is 1470. The number of aliphatic hydroxyl groups excluding tert-OH is 2. The Morgan fingerprint density at radius 2 is 1.69 bits per heavy atom. The van der Waals surface area contributed by atoms with E-state index in [-0.39, 0.29) is 68.6 Å². The first-order chi connectivity index (χ1) is 23.7. The van der Waals surface area contributed by atoms with Crippen molar-refractivity contribution < 1.29 is 43.7 Å². The van der Waals surface area contributed by atoms with Crippen LogP contribution in [0, 0.1) is 0 Å². The lowest BCUT2D eigenvalue weighted by Gasteiger charge is -2.36. The fourth-order valence-electron chi connectivity index (χ4n) is 6.08. The van der Waals surface area contributed by atoms with Crippen molar-refractivity contribution in [3.05, 3.63) is 42.1 Å². The molecule has 0 spiro atoms. The fraction of sp³-hybridized carbons (Fsp3) is 0.576. The first kappa shape index (κ1) is 35.6. The summed E-state index contributed by atoms with van der Waals surface area (Å²) in [6.45, 7) is 2.20. The van der Waals surface area contributed by atoms with E-state index in [2.05, 4.69) is 15.7 Å². The van der Waals surface area contributed by atoms with Crippen molar-refractivity contribution in [1.29, 1.82) is 0 Å². The minimum Gasteiger partial charge on any atom is -0.467 e. The molecule has 1 aromatic heterocycles. The maximum Gasteiger partial charge on any atom is 0.409 e. The predicted molar refractivity (Wildman–Crippen MR) is 174 cm³/mol. The van der Waals surface area contributed by atoms with Crippen molar-refractivity contribution in [3.63, 3.8) is 0 Å². The number of aromatic nitrogens is 2. The van der Waals surface area contributed by atoms with Crippen LogP contribution >= 0.6 is 0 Å². The molecule has 3 atom stereocenters. The third-order valence-corrected chi connectivity index (χ3v) is 9.02. The minimum atomic E-state index is -1.29. The smallest absolute Gasteiger partial charge is 0.409 e. The molecule has 49 heavy (non-hydrogen) atoms. The molecule has 0 bridgehead atoms. The summed E-state index contributed by atoms with van der Waals surface area (Å²) in [6.07, 6.45) is 2.22. The van der Waals surface area contributed by atoms with Crippen LogP contribution < -0.4 is 15.4 Å². The lowest BCUT2D eigenvalue weighted by Crippen LogP contribution is -2.56. The van der Waals surface area contributed by atoms with Crippen molar-refractivity contribution in [2.45, 2.75) is 69.7 Å². The Balaban J connectivity index is 1.28. The average Bonchev–Trinajstić information content (AvgIpc) is 3.77. The zero-order valence-electron chi connectivity index (χ0n) is 27.7. The van der Waals surface area contributed by atoms with Gasteiger partial charge in [0.25, 0.3) is 11.8 Å². The molecule has 5 rings (SSSR count). The van der Waals surface area contributed by atoms with E-state index >= 15 is 0 Å². The van der Waals surface area contributed by atoms with Crippen molar-refractivity contribution in [2.24, 2.45) is 0 Å². The molecule has 4 N–H and O–H groups in total. The number of hydrogen-bond acceptors (Lipinski definition) is 10. The van der Waals surface area contributed by atoms with Crippen LogP contribution in [0.1, 0.15) is 55.9 Å². The lowest BCUT2D eigenvalue weighted by molar-refractivity contribution is -0.140. The number of hydrogen-bond donors (Lipinski definition) is 4. The molecule has 1 aliphatic carbocycles. The van der Waals surface area contributed by atoms with Crippen LogP contribution in [0.2, 0.25) is 0 Å². The summed E-state index contributed by atoms with van der Waals surface area (Å²) < 4.78 is 12.3. The van der Waals surface area contributed by atoms with Crippen molar-refractivity contribution in [3.8, 4) is 11.6 Å². The Labute approximate surface area is 284 Å². The average molecular weight is 684 g/mol. The molecule has 5 amide bonds.